The summed E-state index contributed by atoms with van der Waals surface area (Å²) in [7, 11) is 7.65. The molecule has 0 radical (unpaired) electrons. The Bertz CT molecular complexity index is 1450. The highest BCUT2D eigenvalue weighted by Crippen LogP contribution is 2.50. The quantitative estimate of drug-likeness (QED) is 0.248. The molecule has 9 nitrogen and oxygen atoms in total. The number of ether oxygens (including phenoxy) is 7. The summed E-state index contributed by atoms with van der Waals surface area (Å²) in [6, 6.07) is 12.1. The standard InChI is InChI=1S/C29H26O9/c1-32-19-8-6-16(13-21(19)33-2)18-14-25(30)37-20-9-7-17-27(31)22(38-28(17)26(18)20)10-15-11-23(34-3)29(36-5)24(12-15)35-4/h6-13,18H,14H2,1-5H3/b22-10-/t18-/m1/s1. The lowest BCUT2D eigenvalue weighted by Crippen LogP contribution is -2.21. The molecule has 2 heterocycles. The zero-order valence-corrected chi connectivity index (χ0v) is 21.6. The summed E-state index contributed by atoms with van der Waals surface area (Å²) in [5.74, 6) is 2.15. The Morgan fingerprint density at radius 1 is 0.763 bits per heavy atom. The minimum atomic E-state index is -0.422. The van der Waals surface area contributed by atoms with Gasteiger partial charge in [0.1, 0.15) is 11.5 Å². The fourth-order valence-electron chi connectivity index (χ4n) is 4.80. The molecule has 0 aromatic heterocycles. The number of benzene rings is 3. The molecule has 3 aromatic carbocycles. The Morgan fingerprint density at radius 3 is 2.08 bits per heavy atom. The highest BCUT2D eigenvalue weighted by Gasteiger charge is 2.38. The molecule has 3 aromatic rings. The fourth-order valence-corrected chi connectivity index (χ4v) is 4.80. The number of fused-ring (bicyclic) bond motifs is 3. The Labute approximate surface area is 219 Å². The largest absolute Gasteiger partial charge is 0.493 e. The molecule has 5 rings (SSSR count). The number of methoxy groups -OCH3 is 5. The van der Waals surface area contributed by atoms with Crippen molar-refractivity contribution in [1.29, 1.82) is 0 Å². The third-order valence-corrected chi connectivity index (χ3v) is 6.57. The van der Waals surface area contributed by atoms with E-state index in [-0.39, 0.29) is 23.9 Å². The first kappa shape index (κ1) is 25.0. The van der Waals surface area contributed by atoms with E-state index in [1.54, 1.807) is 50.6 Å². The number of ketones is 1. The second-order valence-electron chi connectivity index (χ2n) is 8.60. The van der Waals surface area contributed by atoms with Crippen molar-refractivity contribution in [2.75, 3.05) is 35.5 Å². The molecule has 2 aliphatic heterocycles. The van der Waals surface area contributed by atoms with E-state index in [1.807, 2.05) is 12.1 Å². The third kappa shape index (κ3) is 4.15. The molecule has 0 N–H and O–H groups in total. The first-order valence-corrected chi connectivity index (χ1v) is 11.8. The zero-order valence-electron chi connectivity index (χ0n) is 21.6. The van der Waals surface area contributed by atoms with Crippen LogP contribution in [0.1, 0.15) is 39.4 Å². The second-order valence-corrected chi connectivity index (χ2v) is 8.60. The van der Waals surface area contributed by atoms with Gasteiger partial charge in [-0.05, 0) is 53.6 Å². The highest BCUT2D eigenvalue weighted by molar-refractivity contribution is 6.15. The number of carbonyl (C=O) groups excluding carboxylic acids is 2. The number of esters is 1. The average molecular weight is 519 g/mol. The Kier molecular flexibility index (Phi) is 6.59. The van der Waals surface area contributed by atoms with E-state index >= 15 is 0 Å². The molecule has 0 spiro atoms. The molecule has 1 atom stereocenters. The maximum Gasteiger partial charge on any atom is 0.312 e. The van der Waals surface area contributed by atoms with E-state index in [9.17, 15) is 9.59 Å². The SMILES string of the molecule is COc1ccc([C@H]2CC(=O)Oc3ccc4c(c32)O/C(=C\c2cc(OC)c(OC)c(OC)c2)C4=O)cc1OC. The van der Waals surface area contributed by atoms with Crippen molar-refractivity contribution in [2.45, 2.75) is 12.3 Å². The predicted molar refractivity (Wildman–Crippen MR) is 137 cm³/mol. The Balaban J connectivity index is 1.59. The topological polar surface area (TPSA) is 98.8 Å². The fraction of sp³-hybridized carbons (Fsp3) is 0.241. The van der Waals surface area contributed by atoms with Crippen LogP contribution in [-0.4, -0.2) is 47.3 Å². The molecule has 0 amide bonds. The van der Waals surface area contributed by atoms with Crippen LogP contribution in [0.2, 0.25) is 0 Å². The van der Waals surface area contributed by atoms with Crippen LogP contribution in [0, 0.1) is 0 Å². The Hall–Kier alpha value is -4.66. The minimum Gasteiger partial charge on any atom is -0.493 e. The summed E-state index contributed by atoms with van der Waals surface area (Å²) in [5.41, 5.74) is 2.42. The predicted octanol–water partition coefficient (Wildman–Crippen LogP) is 4.79. The number of hydrogen-bond acceptors (Lipinski definition) is 9. The maximum absolute atomic E-state index is 13.4. The van der Waals surface area contributed by atoms with Crippen LogP contribution < -0.4 is 33.2 Å². The Morgan fingerprint density at radius 2 is 1.45 bits per heavy atom. The van der Waals surface area contributed by atoms with Crippen LogP contribution in [0.25, 0.3) is 6.08 Å². The number of allylic oxidation sites excluding steroid dienone is 1. The molecule has 9 heteroatoms. The molecule has 2 aliphatic rings. The van der Waals surface area contributed by atoms with Gasteiger partial charge in [0.15, 0.2) is 28.8 Å². The van der Waals surface area contributed by atoms with Gasteiger partial charge in [-0.3, -0.25) is 9.59 Å². The molecule has 0 bridgehead atoms. The van der Waals surface area contributed by atoms with Crippen LogP contribution in [0.3, 0.4) is 0 Å². The van der Waals surface area contributed by atoms with Crippen molar-refractivity contribution in [2.24, 2.45) is 0 Å². The monoisotopic (exact) mass is 518 g/mol. The van der Waals surface area contributed by atoms with Gasteiger partial charge in [0.05, 0.1) is 47.5 Å². The summed E-state index contributed by atoms with van der Waals surface area (Å²) < 4.78 is 38.8. The van der Waals surface area contributed by atoms with Gasteiger partial charge in [-0.2, -0.15) is 0 Å². The van der Waals surface area contributed by atoms with E-state index in [4.69, 9.17) is 33.2 Å². The van der Waals surface area contributed by atoms with E-state index in [1.165, 1.54) is 21.3 Å². The number of Topliss-reactive ketones (excluding diaryl/α,β-unsaturated/α-hetero) is 1. The number of carbonyl (C=O) groups is 2. The average Bonchev–Trinajstić information content (AvgIpc) is 3.25. The number of rotatable bonds is 7. The van der Waals surface area contributed by atoms with Crippen molar-refractivity contribution in [3.05, 3.63) is 70.5 Å². The van der Waals surface area contributed by atoms with Gasteiger partial charge in [0.2, 0.25) is 11.5 Å². The molecule has 0 unspecified atom stereocenters. The molecule has 38 heavy (non-hydrogen) atoms. The lowest BCUT2D eigenvalue weighted by Gasteiger charge is -2.26. The van der Waals surface area contributed by atoms with Crippen LogP contribution in [0.5, 0.6) is 40.2 Å². The summed E-state index contributed by atoms with van der Waals surface area (Å²) >= 11 is 0. The minimum absolute atomic E-state index is 0.0718. The first-order valence-electron chi connectivity index (χ1n) is 11.8. The van der Waals surface area contributed by atoms with Crippen molar-refractivity contribution in [1.82, 2.24) is 0 Å². The van der Waals surface area contributed by atoms with Gasteiger partial charge in [-0.1, -0.05) is 6.07 Å². The van der Waals surface area contributed by atoms with Crippen molar-refractivity contribution < 1.29 is 42.7 Å². The van der Waals surface area contributed by atoms with Gasteiger partial charge in [-0.15, -0.1) is 0 Å². The van der Waals surface area contributed by atoms with E-state index < -0.39 is 5.92 Å². The van der Waals surface area contributed by atoms with E-state index in [0.717, 1.165) is 5.56 Å². The van der Waals surface area contributed by atoms with Crippen molar-refractivity contribution in [3.8, 4) is 40.2 Å². The van der Waals surface area contributed by atoms with E-state index in [0.29, 0.717) is 56.9 Å². The van der Waals surface area contributed by atoms with Crippen LogP contribution in [-0.2, 0) is 4.79 Å². The highest BCUT2D eigenvalue weighted by atomic mass is 16.5. The van der Waals surface area contributed by atoms with Gasteiger partial charge in [-0.25, -0.2) is 0 Å². The van der Waals surface area contributed by atoms with Gasteiger partial charge in [0, 0.05) is 11.5 Å². The lowest BCUT2D eigenvalue weighted by molar-refractivity contribution is -0.135. The van der Waals surface area contributed by atoms with Crippen LogP contribution in [0.4, 0.5) is 0 Å². The molecule has 0 saturated heterocycles. The van der Waals surface area contributed by atoms with Gasteiger partial charge < -0.3 is 33.2 Å². The summed E-state index contributed by atoms with van der Waals surface area (Å²) in [6.45, 7) is 0. The third-order valence-electron chi connectivity index (χ3n) is 6.57. The van der Waals surface area contributed by atoms with Gasteiger partial charge >= 0.3 is 5.97 Å². The lowest BCUT2D eigenvalue weighted by atomic mass is 9.84. The maximum atomic E-state index is 13.4. The smallest absolute Gasteiger partial charge is 0.312 e. The molecular weight excluding hydrogens is 492 g/mol. The van der Waals surface area contributed by atoms with Crippen molar-refractivity contribution in [3.63, 3.8) is 0 Å². The first-order chi connectivity index (χ1) is 18.4. The second kappa shape index (κ2) is 10.0. The van der Waals surface area contributed by atoms with Crippen LogP contribution >= 0.6 is 0 Å². The molecule has 0 saturated carbocycles. The molecule has 0 fully saturated rings. The summed E-state index contributed by atoms with van der Waals surface area (Å²) in [4.78, 5) is 25.9. The van der Waals surface area contributed by atoms with Crippen molar-refractivity contribution >= 4 is 17.8 Å². The molecular formula is C29H26O9. The summed E-state index contributed by atoms with van der Waals surface area (Å²) in [6.07, 6.45) is 1.68. The number of hydrogen-bond donors (Lipinski definition) is 0. The molecule has 0 aliphatic carbocycles. The van der Waals surface area contributed by atoms with Crippen LogP contribution in [0.15, 0.2) is 48.2 Å². The van der Waals surface area contributed by atoms with Gasteiger partial charge in [0.25, 0.3) is 0 Å². The van der Waals surface area contributed by atoms with E-state index in [2.05, 4.69) is 0 Å². The zero-order chi connectivity index (χ0) is 27.0. The normalized spacial score (nSPS) is 16.8. The summed E-state index contributed by atoms with van der Waals surface area (Å²) in [5, 5.41) is 0. The molecule has 196 valence electrons.